The maximum atomic E-state index is 12.4. The second kappa shape index (κ2) is 5.24. The van der Waals surface area contributed by atoms with Crippen LogP contribution in [0, 0.1) is 13.8 Å². The molecule has 3 heteroatoms. The molecule has 3 nitrogen and oxygen atoms in total. The highest BCUT2D eigenvalue weighted by Crippen LogP contribution is 2.27. The molecule has 0 bridgehead atoms. The van der Waals surface area contributed by atoms with Crippen LogP contribution < -0.4 is 10.2 Å². The Balaban J connectivity index is 1.83. The molecule has 0 aliphatic carbocycles. The molecule has 108 valence electrons. The smallest absolute Gasteiger partial charge is 0.255 e. The lowest BCUT2D eigenvalue weighted by atomic mass is 10.1. The molecule has 0 spiro atoms. The number of carbonyl (C=O) groups is 1. The first-order chi connectivity index (χ1) is 10.0. The topological polar surface area (TPSA) is 32.3 Å². The van der Waals surface area contributed by atoms with Gasteiger partial charge in [0.15, 0.2) is 0 Å². The quantitative estimate of drug-likeness (QED) is 0.912. The number of rotatable bonds is 2. The van der Waals surface area contributed by atoms with E-state index in [1.54, 1.807) is 0 Å². The van der Waals surface area contributed by atoms with Crippen molar-refractivity contribution in [1.82, 2.24) is 0 Å². The number of benzene rings is 2. The Morgan fingerprint density at radius 2 is 1.95 bits per heavy atom. The number of anilines is 2. The molecular weight excluding hydrogens is 260 g/mol. The minimum atomic E-state index is -0.0423. The van der Waals surface area contributed by atoms with Gasteiger partial charge in [0, 0.05) is 30.5 Å². The van der Waals surface area contributed by atoms with Gasteiger partial charge in [0.25, 0.3) is 5.91 Å². The van der Waals surface area contributed by atoms with Crippen LogP contribution >= 0.6 is 0 Å². The van der Waals surface area contributed by atoms with Crippen LogP contribution in [0.5, 0.6) is 0 Å². The Bertz CT molecular complexity index is 706. The van der Waals surface area contributed by atoms with Crippen LogP contribution in [0.1, 0.15) is 27.0 Å². The van der Waals surface area contributed by atoms with E-state index in [-0.39, 0.29) is 5.91 Å². The van der Waals surface area contributed by atoms with E-state index in [4.69, 9.17) is 0 Å². The van der Waals surface area contributed by atoms with Gasteiger partial charge in [-0.15, -0.1) is 0 Å². The van der Waals surface area contributed by atoms with Gasteiger partial charge in [-0.3, -0.25) is 4.79 Å². The fourth-order valence-electron chi connectivity index (χ4n) is 2.86. The SMILES string of the molecule is Cc1ccc(NC(=O)c2ccc3c(c2)CCN3C)c(C)c1. The first kappa shape index (κ1) is 13.7. The Labute approximate surface area is 125 Å². The highest BCUT2D eigenvalue weighted by molar-refractivity contribution is 6.05. The average molecular weight is 280 g/mol. The molecule has 0 saturated carbocycles. The summed E-state index contributed by atoms with van der Waals surface area (Å²) in [5, 5.41) is 3.00. The van der Waals surface area contributed by atoms with Crippen LogP contribution in [0.25, 0.3) is 0 Å². The number of likely N-dealkylation sites (N-methyl/N-ethyl adjacent to an activating group) is 1. The second-order valence-electron chi connectivity index (χ2n) is 5.79. The number of amides is 1. The summed E-state index contributed by atoms with van der Waals surface area (Å²) < 4.78 is 0. The van der Waals surface area contributed by atoms with E-state index < -0.39 is 0 Å². The minimum Gasteiger partial charge on any atom is -0.374 e. The zero-order chi connectivity index (χ0) is 15.0. The van der Waals surface area contributed by atoms with Crippen molar-refractivity contribution in [3.8, 4) is 0 Å². The Morgan fingerprint density at radius 1 is 1.14 bits per heavy atom. The third-order valence-corrected chi connectivity index (χ3v) is 4.10. The van der Waals surface area contributed by atoms with Gasteiger partial charge in [-0.2, -0.15) is 0 Å². The fraction of sp³-hybridized carbons (Fsp3) is 0.278. The van der Waals surface area contributed by atoms with E-state index in [2.05, 4.69) is 30.3 Å². The molecule has 3 rings (SSSR count). The normalized spacial score (nSPS) is 13.2. The van der Waals surface area contributed by atoms with Crippen molar-refractivity contribution in [2.75, 3.05) is 23.8 Å². The molecule has 0 aromatic heterocycles. The molecule has 1 N–H and O–H groups in total. The van der Waals surface area contributed by atoms with Crippen LogP contribution in [-0.4, -0.2) is 19.5 Å². The van der Waals surface area contributed by atoms with Gasteiger partial charge in [0.1, 0.15) is 0 Å². The lowest BCUT2D eigenvalue weighted by Crippen LogP contribution is -2.14. The standard InChI is InChI=1S/C18H20N2O/c1-12-4-6-16(13(2)10-12)19-18(21)15-5-7-17-14(11-15)8-9-20(17)3/h4-7,10-11H,8-9H2,1-3H3,(H,19,21). The Hall–Kier alpha value is -2.29. The molecule has 0 unspecified atom stereocenters. The summed E-state index contributed by atoms with van der Waals surface area (Å²) in [6.07, 6.45) is 1.01. The number of aryl methyl sites for hydroxylation is 2. The van der Waals surface area contributed by atoms with Crippen LogP contribution in [0.4, 0.5) is 11.4 Å². The predicted molar refractivity (Wildman–Crippen MR) is 87.3 cm³/mol. The largest absolute Gasteiger partial charge is 0.374 e. The first-order valence-corrected chi connectivity index (χ1v) is 7.27. The van der Waals surface area contributed by atoms with E-state index in [0.717, 1.165) is 29.8 Å². The monoisotopic (exact) mass is 280 g/mol. The van der Waals surface area contributed by atoms with Crippen molar-refractivity contribution in [3.63, 3.8) is 0 Å². The highest BCUT2D eigenvalue weighted by atomic mass is 16.1. The van der Waals surface area contributed by atoms with Gasteiger partial charge in [0.2, 0.25) is 0 Å². The van der Waals surface area contributed by atoms with Gasteiger partial charge in [0.05, 0.1) is 0 Å². The predicted octanol–water partition coefficient (Wildman–Crippen LogP) is 3.55. The van der Waals surface area contributed by atoms with E-state index in [1.807, 2.05) is 37.3 Å². The summed E-state index contributed by atoms with van der Waals surface area (Å²) in [7, 11) is 2.08. The molecule has 2 aromatic rings. The molecule has 1 aliphatic heterocycles. The molecule has 21 heavy (non-hydrogen) atoms. The molecule has 0 saturated heterocycles. The van der Waals surface area contributed by atoms with Crippen LogP contribution in [0.3, 0.4) is 0 Å². The summed E-state index contributed by atoms with van der Waals surface area (Å²) >= 11 is 0. The van der Waals surface area contributed by atoms with Crippen molar-refractivity contribution in [2.24, 2.45) is 0 Å². The van der Waals surface area contributed by atoms with Crippen LogP contribution in [-0.2, 0) is 6.42 Å². The molecule has 1 heterocycles. The zero-order valence-electron chi connectivity index (χ0n) is 12.7. The Kier molecular flexibility index (Phi) is 3.42. The molecule has 0 atom stereocenters. The van der Waals surface area contributed by atoms with Crippen molar-refractivity contribution in [1.29, 1.82) is 0 Å². The number of nitrogens with one attached hydrogen (secondary N) is 1. The van der Waals surface area contributed by atoms with E-state index in [1.165, 1.54) is 16.8 Å². The minimum absolute atomic E-state index is 0.0423. The molecule has 2 aromatic carbocycles. The lowest BCUT2D eigenvalue weighted by Gasteiger charge is -2.13. The van der Waals surface area contributed by atoms with Gasteiger partial charge >= 0.3 is 0 Å². The molecular formula is C18H20N2O. The molecule has 1 aliphatic rings. The summed E-state index contributed by atoms with van der Waals surface area (Å²) in [6.45, 7) is 5.09. The highest BCUT2D eigenvalue weighted by Gasteiger charge is 2.17. The van der Waals surface area contributed by atoms with Crippen LogP contribution in [0.2, 0.25) is 0 Å². The first-order valence-electron chi connectivity index (χ1n) is 7.27. The molecule has 0 radical (unpaired) electrons. The van der Waals surface area contributed by atoms with E-state index in [9.17, 15) is 4.79 Å². The summed E-state index contributed by atoms with van der Waals surface area (Å²) in [4.78, 5) is 14.6. The summed E-state index contributed by atoms with van der Waals surface area (Å²) in [6, 6.07) is 12.0. The number of hydrogen-bond acceptors (Lipinski definition) is 2. The lowest BCUT2D eigenvalue weighted by molar-refractivity contribution is 0.102. The molecule has 1 amide bonds. The van der Waals surface area contributed by atoms with Crippen LogP contribution in [0.15, 0.2) is 36.4 Å². The van der Waals surface area contributed by atoms with E-state index in [0.29, 0.717) is 0 Å². The van der Waals surface area contributed by atoms with Gasteiger partial charge in [-0.1, -0.05) is 17.7 Å². The van der Waals surface area contributed by atoms with Crippen molar-refractivity contribution in [2.45, 2.75) is 20.3 Å². The fourth-order valence-corrected chi connectivity index (χ4v) is 2.86. The third kappa shape index (κ3) is 2.64. The average Bonchev–Trinajstić information content (AvgIpc) is 2.83. The zero-order valence-corrected chi connectivity index (χ0v) is 12.7. The number of hydrogen-bond donors (Lipinski definition) is 1. The number of fused-ring (bicyclic) bond motifs is 1. The number of nitrogens with zero attached hydrogens (tertiary/aromatic N) is 1. The maximum absolute atomic E-state index is 12.4. The number of carbonyl (C=O) groups excluding carboxylic acids is 1. The summed E-state index contributed by atoms with van der Waals surface area (Å²) in [5.74, 6) is -0.0423. The van der Waals surface area contributed by atoms with Gasteiger partial charge < -0.3 is 10.2 Å². The van der Waals surface area contributed by atoms with Crippen molar-refractivity contribution < 1.29 is 4.79 Å². The van der Waals surface area contributed by atoms with E-state index >= 15 is 0 Å². The second-order valence-corrected chi connectivity index (χ2v) is 5.79. The van der Waals surface area contributed by atoms with Crippen molar-refractivity contribution >= 4 is 17.3 Å². The molecule has 0 fully saturated rings. The van der Waals surface area contributed by atoms with Crippen molar-refractivity contribution in [3.05, 3.63) is 58.7 Å². The van der Waals surface area contributed by atoms with Gasteiger partial charge in [-0.05, 0) is 55.7 Å². The third-order valence-electron chi connectivity index (χ3n) is 4.10. The summed E-state index contributed by atoms with van der Waals surface area (Å²) in [5.41, 5.74) is 6.38. The maximum Gasteiger partial charge on any atom is 0.255 e. The Morgan fingerprint density at radius 3 is 2.71 bits per heavy atom. The van der Waals surface area contributed by atoms with Gasteiger partial charge in [-0.25, -0.2) is 0 Å².